The Morgan fingerprint density at radius 2 is 2.38 bits per heavy atom. The van der Waals surface area contributed by atoms with E-state index in [0.717, 1.165) is 22.7 Å². The maximum Gasteiger partial charge on any atom is 0.304 e. The summed E-state index contributed by atoms with van der Waals surface area (Å²) in [5.74, 6) is -0.364. The molecule has 0 atom stereocenters. The highest BCUT2D eigenvalue weighted by molar-refractivity contribution is 7.17. The zero-order valence-corrected chi connectivity index (χ0v) is 10.1. The topological polar surface area (TPSA) is 87.7 Å². The minimum Gasteiger partial charge on any atom is -0.344 e. The smallest absolute Gasteiger partial charge is 0.304 e. The predicted molar refractivity (Wildman–Crippen MR) is 61.0 cm³/mol. The lowest BCUT2D eigenvalue weighted by atomic mass is 10.5. The number of hydrogen-bond acceptors (Lipinski definition) is 6. The normalized spacial score (nSPS) is 10.3. The molecule has 2 aromatic rings. The maximum atomic E-state index is 11.5. The Bertz CT molecular complexity index is 560. The summed E-state index contributed by atoms with van der Waals surface area (Å²) in [4.78, 5) is 24.7. The average Bonchev–Trinajstić information content (AvgIpc) is 2.84. The molecule has 0 aliphatic carbocycles. The van der Waals surface area contributed by atoms with E-state index in [9.17, 15) is 9.59 Å². The minimum absolute atomic E-state index is 0.150. The number of amides is 1. The van der Waals surface area contributed by atoms with Gasteiger partial charge in [0.15, 0.2) is 0 Å². The van der Waals surface area contributed by atoms with Gasteiger partial charge in [-0.3, -0.25) is 9.59 Å². The standard InChI is InChI=1S/C7H5ClN4O2S2/c8-6-12-11-5(16-6)4(13)9-1-3-2-15-7(14)10-3/h2H,1H2,(H,9,13)(H,10,14). The SMILES string of the molecule is O=C(NCc1csc(=O)[nH]1)c1nnc(Cl)s1. The van der Waals surface area contributed by atoms with E-state index >= 15 is 0 Å². The van der Waals surface area contributed by atoms with Crippen molar-refractivity contribution < 1.29 is 4.79 Å². The van der Waals surface area contributed by atoms with E-state index in [0.29, 0.717) is 5.69 Å². The van der Waals surface area contributed by atoms with Gasteiger partial charge < -0.3 is 10.3 Å². The summed E-state index contributed by atoms with van der Waals surface area (Å²) in [6.07, 6.45) is 0. The van der Waals surface area contributed by atoms with Crippen molar-refractivity contribution in [3.8, 4) is 0 Å². The molecule has 0 radical (unpaired) electrons. The molecule has 16 heavy (non-hydrogen) atoms. The van der Waals surface area contributed by atoms with Gasteiger partial charge in [0.25, 0.3) is 5.91 Å². The Kier molecular flexibility index (Phi) is 3.32. The van der Waals surface area contributed by atoms with Gasteiger partial charge in [-0.25, -0.2) is 0 Å². The highest BCUT2D eigenvalue weighted by atomic mass is 35.5. The number of nitrogens with one attached hydrogen (secondary N) is 2. The molecule has 0 fully saturated rings. The fourth-order valence-corrected chi connectivity index (χ4v) is 2.28. The van der Waals surface area contributed by atoms with Crippen LogP contribution in [0.1, 0.15) is 15.5 Å². The van der Waals surface area contributed by atoms with E-state index in [4.69, 9.17) is 11.6 Å². The number of carbonyl (C=O) groups excluding carboxylic acids is 1. The molecule has 0 bridgehead atoms. The van der Waals surface area contributed by atoms with E-state index in [2.05, 4.69) is 20.5 Å². The monoisotopic (exact) mass is 276 g/mol. The Morgan fingerprint density at radius 3 is 2.94 bits per heavy atom. The molecule has 2 N–H and O–H groups in total. The molecule has 9 heteroatoms. The first-order valence-electron chi connectivity index (χ1n) is 4.09. The van der Waals surface area contributed by atoms with Gasteiger partial charge in [-0.1, -0.05) is 22.7 Å². The van der Waals surface area contributed by atoms with Gasteiger partial charge in [-0.05, 0) is 11.6 Å². The van der Waals surface area contributed by atoms with Gasteiger partial charge in [0.1, 0.15) is 0 Å². The van der Waals surface area contributed by atoms with E-state index < -0.39 is 0 Å². The lowest BCUT2D eigenvalue weighted by Gasteiger charge is -1.98. The van der Waals surface area contributed by atoms with Crippen LogP contribution < -0.4 is 10.2 Å². The van der Waals surface area contributed by atoms with Crippen LogP contribution in [-0.4, -0.2) is 21.1 Å². The number of thiazole rings is 1. The molecule has 1 amide bonds. The number of carbonyl (C=O) groups is 1. The van der Waals surface area contributed by atoms with Crippen molar-refractivity contribution in [2.75, 3.05) is 0 Å². The first-order chi connectivity index (χ1) is 7.65. The third kappa shape index (κ3) is 2.65. The van der Waals surface area contributed by atoms with Crippen LogP contribution in [0.4, 0.5) is 0 Å². The van der Waals surface area contributed by atoms with Crippen LogP contribution in [0.2, 0.25) is 4.47 Å². The average molecular weight is 277 g/mol. The number of aromatic amines is 1. The van der Waals surface area contributed by atoms with Gasteiger partial charge in [0.05, 0.1) is 6.54 Å². The molecular weight excluding hydrogens is 272 g/mol. The zero-order chi connectivity index (χ0) is 11.5. The lowest BCUT2D eigenvalue weighted by Crippen LogP contribution is -2.23. The van der Waals surface area contributed by atoms with Crippen molar-refractivity contribution >= 4 is 40.2 Å². The Balaban J connectivity index is 1.96. The summed E-state index contributed by atoms with van der Waals surface area (Å²) in [7, 11) is 0. The summed E-state index contributed by atoms with van der Waals surface area (Å²) in [6.45, 7) is 0.245. The summed E-state index contributed by atoms with van der Waals surface area (Å²) in [6, 6.07) is 0. The summed E-state index contributed by atoms with van der Waals surface area (Å²) in [5.41, 5.74) is 0.652. The van der Waals surface area contributed by atoms with Gasteiger partial charge in [-0.15, -0.1) is 10.2 Å². The molecule has 0 spiro atoms. The summed E-state index contributed by atoms with van der Waals surface area (Å²) in [5, 5.41) is 11.5. The third-order valence-electron chi connectivity index (χ3n) is 1.60. The molecule has 2 heterocycles. The van der Waals surface area contributed by atoms with E-state index in [1.54, 1.807) is 5.38 Å². The summed E-state index contributed by atoms with van der Waals surface area (Å²) < 4.78 is 0.217. The molecule has 0 aliphatic rings. The van der Waals surface area contributed by atoms with Crippen LogP contribution >= 0.6 is 34.3 Å². The van der Waals surface area contributed by atoms with Gasteiger partial charge >= 0.3 is 4.87 Å². The zero-order valence-electron chi connectivity index (χ0n) is 7.69. The van der Waals surface area contributed by atoms with Crippen LogP contribution in [0.15, 0.2) is 10.2 Å². The number of rotatable bonds is 3. The third-order valence-corrected chi connectivity index (χ3v) is 3.34. The second-order valence-corrected chi connectivity index (χ2v) is 5.12. The molecule has 0 saturated carbocycles. The Labute approximate surface area is 102 Å². The molecule has 0 aliphatic heterocycles. The Hall–Kier alpha value is -1.25. The van der Waals surface area contributed by atoms with Crippen LogP contribution in [-0.2, 0) is 6.54 Å². The summed E-state index contributed by atoms with van der Waals surface area (Å²) >= 11 is 7.59. The molecule has 0 unspecified atom stereocenters. The predicted octanol–water partition coefficient (Wildman–Crippen LogP) is 0.871. The van der Waals surface area contributed by atoms with Gasteiger partial charge in [-0.2, -0.15) is 0 Å². The fraction of sp³-hybridized carbons (Fsp3) is 0.143. The van der Waals surface area contributed by atoms with E-state index in [1.165, 1.54) is 0 Å². The fourth-order valence-electron chi connectivity index (χ4n) is 0.949. The van der Waals surface area contributed by atoms with E-state index in [-0.39, 0.29) is 26.8 Å². The molecule has 0 saturated heterocycles. The number of aromatic nitrogens is 3. The minimum atomic E-state index is -0.364. The van der Waals surface area contributed by atoms with Crippen LogP contribution in [0.5, 0.6) is 0 Å². The van der Waals surface area contributed by atoms with Gasteiger partial charge in [0, 0.05) is 11.1 Å². The maximum absolute atomic E-state index is 11.5. The lowest BCUT2D eigenvalue weighted by molar-refractivity contribution is 0.0949. The van der Waals surface area contributed by atoms with Crippen molar-refractivity contribution in [2.45, 2.75) is 6.54 Å². The molecular formula is C7H5ClN4O2S2. The van der Waals surface area contributed by atoms with Crippen LogP contribution in [0, 0.1) is 0 Å². The van der Waals surface area contributed by atoms with Crippen molar-refractivity contribution in [1.29, 1.82) is 0 Å². The highest BCUT2D eigenvalue weighted by Gasteiger charge is 2.11. The second kappa shape index (κ2) is 4.73. The Morgan fingerprint density at radius 1 is 1.56 bits per heavy atom. The second-order valence-electron chi connectivity index (χ2n) is 2.72. The number of halogens is 1. The number of hydrogen-bond donors (Lipinski definition) is 2. The molecule has 6 nitrogen and oxygen atoms in total. The van der Waals surface area contributed by atoms with Crippen LogP contribution in [0.3, 0.4) is 0 Å². The van der Waals surface area contributed by atoms with Crippen molar-refractivity contribution in [3.63, 3.8) is 0 Å². The first-order valence-corrected chi connectivity index (χ1v) is 6.16. The molecule has 2 rings (SSSR count). The molecule has 84 valence electrons. The highest BCUT2D eigenvalue weighted by Crippen LogP contribution is 2.14. The van der Waals surface area contributed by atoms with Gasteiger partial charge in [0.2, 0.25) is 9.47 Å². The molecule has 2 aromatic heterocycles. The number of H-pyrrole nitrogens is 1. The van der Waals surface area contributed by atoms with E-state index in [1.807, 2.05) is 0 Å². The quantitative estimate of drug-likeness (QED) is 0.871. The van der Waals surface area contributed by atoms with Crippen LogP contribution in [0.25, 0.3) is 0 Å². The molecule has 0 aromatic carbocycles. The first kappa shape index (κ1) is 11.2. The number of nitrogens with zero attached hydrogens (tertiary/aromatic N) is 2. The largest absolute Gasteiger partial charge is 0.344 e. The van der Waals surface area contributed by atoms with Crippen molar-refractivity contribution in [1.82, 2.24) is 20.5 Å². The van der Waals surface area contributed by atoms with Crippen molar-refractivity contribution in [2.24, 2.45) is 0 Å². The van der Waals surface area contributed by atoms with Crippen molar-refractivity contribution in [3.05, 3.63) is 30.2 Å².